The Labute approximate surface area is 196 Å². The fourth-order valence-electron chi connectivity index (χ4n) is 3.76. The number of thiazole rings is 1. The SMILES string of the molecule is CCc1cccc2sc(N(CCCN3CCOCC3)C(=O)c3cc(Cl)ccc3Cl)nc12. The van der Waals surface area contributed by atoms with Crippen molar-refractivity contribution < 1.29 is 9.53 Å². The highest BCUT2D eigenvalue weighted by Gasteiger charge is 2.24. The van der Waals surface area contributed by atoms with Gasteiger partial charge in [0, 0.05) is 31.2 Å². The molecule has 2 aromatic carbocycles. The van der Waals surface area contributed by atoms with Crippen LogP contribution in [0.4, 0.5) is 5.13 Å². The fraction of sp³-hybridized carbons (Fsp3) is 0.391. The van der Waals surface area contributed by atoms with Crippen LogP contribution in [0.3, 0.4) is 0 Å². The summed E-state index contributed by atoms with van der Waals surface area (Å²) in [4.78, 5) is 22.5. The summed E-state index contributed by atoms with van der Waals surface area (Å²) in [6.07, 6.45) is 1.73. The largest absolute Gasteiger partial charge is 0.379 e. The van der Waals surface area contributed by atoms with Gasteiger partial charge >= 0.3 is 0 Å². The second-order valence-electron chi connectivity index (χ2n) is 7.50. The first-order valence-corrected chi connectivity index (χ1v) is 12.1. The van der Waals surface area contributed by atoms with Crippen LogP contribution in [0.2, 0.25) is 10.0 Å². The summed E-state index contributed by atoms with van der Waals surface area (Å²) in [5.74, 6) is -0.174. The van der Waals surface area contributed by atoms with E-state index in [1.165, 1.54) is 16.9 Å². The Kier molecular flexibility index (Phi) is 7.46. The lowest BCUT2D eigenvalue weighted by Gasteiger charge is -2.28. The summed E-state index contributed by atoms with van der Waals surface area (Å²) >= 11 is 14.1. The minimum absolute atomic E-state index is 0.174. The maximum absolute atomic E-state index is 13.5. The number of rotatable bonds is 7. The number of anilines is 1. The van der Waals surface area contributed by atoms with Crippen molar-refractivity contribution in [1.29, 1.82) is 0 Å². The van der Waals surface area contributed by atoms with Gasteiger partial charge in [0.15, 0.2) is 5.13 Å². The number of aromatic nitrogens is 1. The molecule has 0 unspecified atom stereocenters. The van der Waals surface area contributed by atoms with E-state index in [1.54, 1.807) is 23.1 Å². The summed E-state index contributed by atoms with van der Waals surface area (Å²) in [5.41, 5.74) is 2.55. The maximum atomic E-state index is 13.5. The molecule has 1 aliphatic rings. The fourth-order valence-corrected chi connectivity index (χ4v) is 5.17. The highest BCUT2D eigenvalue weighted by molar-refractivity contribution is 7.22. The molecule has 5 nitrogen and oxygen atoms in total. The standard InChI is InChI=1S/C23H25Cl2N3O2S/c1-2-16-5-3-6-20-21(16)26-23(31-20)28(10-4-9-27-11-13-30-14-12-27)22(29)18-15-17(24)7-8-19(18)25/h3,5-8,15H,2,4,9-14H2,1H3. The normalized spacial score (nSPS) is 14.8. The second-order valence-corrected chi connectivity index (χ2v) is 9.36. The number of carbonyl (C=O) groups is 1. The molecule has 4 rings (SSSR count). The van der Waals surface area contributed by atoms with Gasteiger partial charge in [0.25, 0.3) is 5.91 Å². The van der Waals surface area contributed by atoms with Crippen LogP contribution in [-0.4, -0.2) is 55.2 Å². The van der Waals surface area contributed by atoms with Gasteiger partial charge in [-0.05, 0) is 42.7 Å². The van der Waals surface area contributed by atoms with E-state index in [0.29, 0.717) is 27.3 Å². The van der Waals surface area contributed by atoms with Gasteiger partial charge < -0.3 is 4.74 Å². The van der Waals surface area contributed by atoms with Crippen LogP contribution in [0, 0.1) is 0 Å². The number of benzene rings is 2. The van der Waals surface area contributed by atoms with E-state index in [9.17, 15) is 4.79 Å². The van der Waals surface area contributed by atoms with Gasteiger partial charge in [0.1, 0.15) is 0 Å². The molecule has 31 heavy (non-hydrogen) atoms. The summed E-state index contributed by atoms with van der Waals surface area (Å²) in [6.45, 7) is 6.95. The number of carbonyl (C=O) groups excluding carboxylic acids is 1. The van der Waals surface area contributed by atoms with Gasteiger partial charge in [-0.1, -0.05) is 53.6 Å². The smallest absolute Gasteiger partial charge is 0.261 e. The van der Waals surface area contributed by atoms with Crippen molar-refractivity contribution in [2.45, 2.75) is 19.8 Å². The molecule has 3 aromatic rings. The average Bonchev–Trinajstić information content (AvgIpc) is 3.22. The van der Waals surface area contributed by atoms with E-state index in [1.807, 2.05) is 6.07 Å². The quantitative estimate of drug-likeness (QED) is 0.448. The third-order valence-corrected chi connectivity index (χ3v) is 7.08. The molecule has 1 fully saturated rings. The number of morpholine rings is 1. The molecule has 0 radical (unpaired) electrons. The van der Waals surface area contributed by atoms with E-state index < -0.39 is 0 Å². The van der Waals surface area contributed by atoms with E-state index in [-0.39, 0.29) is 5.91 Å². The van der Waals surface area contributed by atoms with Crippen LogP contribution in [-0.2, 0) is 11.2 Å². The van der Waals surface area contributed by atoms with Gasteiger partial charge in [0.2, 0.25) is 0 Å². The number of nitrogens with zero attached hydrogens (tertiary/aromatic N) is 3. The Morgan fingerprint density at radius 3 is 2.81 bits per heavy atom. The number of hydrogen-bond donors (Lipinski definition) is 0. The molecule has 0 aliphatic carbocycles. The van der Waals surface area contributed by atoms with E-state index in [2.05, 4.69) is 24.0 Å². The first-order chi connectivity index (χ1) is 15.1. The van der Waals surface area contributed by atoms with Crippen molar-refractivity contribution >= 4 is 55.8 Å². The third-order valence-electron chi connectivity index (χ3n) is 5.47. The number of aryl methyl sites for hydroxylation is 1. The van der Waals surface area contributed by atoms with Gasteiger partial charge in [-0.3, -0.25) is 14.6 Å². The minimum atomic E-state index is -0.174. The summed E-state index contributed by atoms with van der Waals surface area (Å²) < 4.78 is 6.51. The Hall–Kier alpha value is -1.70. The van der Waals surface area contributed by atoms with E-state index in [4.69, 9.17) is 32.9 Å². The number of ether oxygens (including phenoxy) is 1. The highest BCUT2D eigenvalue weighted by atomic mass is 35.5. The van der Waals surface area contributed by atoms with E-state index in [0.717, 1.165) is 55.9 Å². The Balaban J connectivity index is 1.63. The molecule has 0 atom stereocenters. The lowest BCUT2D eigenvalue weighted by molar-refractivity contribution is 0.0376. The number of hydrogen-bond acceptors (Lipinski definition) is 5. The zero-order valence-corrected chi connectivity index (χ0v) is 19.8. The molecule has 1 saturated heterocycles. The molecule has 0 N–H and O–H groups in total. The minimum Gasteiger partial charge on any atom is -0.379 e. The second kappa shape index (κ2) is 10.3. The van der Waals surface area contributed by atoms with Crippen LogP contribution >= 0.6 is 34.5 Å². The predicted octanol–water partition coefficient (Wildman–Crippen LogP) is 5.53. The maximum Gasteiger partial charge on any atom is 0.261 e. The van der Waals surface area contributed by atoms with Crippen LogP contribution in [0.1, 0.15) is 29.3 Å². The molecular weight excluding hydrogens is 453 g/mol. The zero-order valence-electron chi connectivity index (χ0n) is 17.4. The van der Waals surface area contributed by atoms with Gasteiger partial charge in [-0.25, -0.2) is 4.98 Å². The van der Waals surface area contributed by atoms with Crippen molar-refractivity contribution in [2.75, 3.05) is 44.3 Å². The molecule has 1 aliphatic heterocycles. The first kappa shape index (κ1) is 22.5. The predicted molar refractivity (Wildman–Crippen MR) is 129 cm³/mol. The molecule has 2 heterocycles. The molecule has 8 heteroatoms. The Morgan fingerprint density at radius 1 is 1.23 bits per heavy atom. The summed E-state index contributed by atoms with van der Waals surface area (Å²) in [6, 6.07) is 11.2. The lowest BCUT2D eigenvalue weighted by atomic mass is 10.1. The highest BCUT2D eigenvalue weighted by Crippen LogP contribution is 2.33. The molecular formula is C23H25Cl2N3O2S. The van der Waals surface area contributed by atoms with Crippen molar-refractivity contribution in [3.8, 4) is 0 Å². The van der Waals surface area contributed by atoms with Gasteiger partial charge in [-0.2, -0.15) is 0 Å². The van der Waals surface area contributed by atoms with Gasteiger partial charge in [-0.15, -0.1) is 0 Å². The first-order valence-electron chi connectivity index (χ1n) is 10.5. The zero-order chi connectivity index (χ0) is 21.8. The lowest BCUT2D eigenvalue weighted by Crippen LogP contribution is -2.39. The van der Waals surface area contributed by atoms with Crippen LogP contribution in [0.15, 0.2) is 36.4 Å². The molecule has 164 valence electrons. The molecule has 0 bridgehead atoms. The summed E-state index contributed by atoms with van der Waals surface area (Å²) in [5, 5.41) is 1.57. The molecule has 0 saturated carbocycles. The van der Waals surface area contributed by atoms with Crippen molar-refractivity contribution in [1.82, 2.24) is 9.88 Å². The summed E-state index contributed by atoms with van der Waals surface area (Å²) in [7, 11) is 0. The van der Waals surface area contributed by atoms with Crippen LogP contribution in [0.5, 0.6) is 0 Å². The topological polar surface area (TPSA) is 45.7 Å². The average molecular weight is 478 g/mol. The van der Waals surface area contributed by atoms with Gasteiger partial charge in [0.05, 0.1) is 34.0 Å². The number of amides is 1. The number of para-hydroxylation sites is 1. The molecule has 1 amide bonds. The van der Waals surface area contributed by atoms with Crippen molar-refractivity contribution in [2.24, 2.45) is 0 Å². The molecule has 1 aromatic heterocycles. The van der Waals surface area contributed by atoms with Crippen LogP contribution < -0.4 is 4.90 Å². The van der Waals surface area contributed by atoms with Crippen molar-refractivity contribution in [3.05, 3.63) is 57.6 Å². The Morgan fingerprint density at radius 2 is 2.03 bits per heavy atom. The Bertz CT molecular complexity index is 1070. The third kappa shape index (κ3) is 5.21. The van der Waals surface area contributed by atoms with Crippen LogP contribution in [0.25, 0.3) is 10.2 Å². The number of halogens is 2. The van der Waals surface area contributed by atoms with Crippen molar-refractivity contribution in [3.63, 3.8) is 0 Å². The monoisotopic (exact) mass is 477 g/mol. The molecule has 0 spiro atoms. The number of fused-ring (bicyclic) bond motifs is 1. The van der Waals surface area contributed by atoms with E-state index >= 15 is 0 Å².